The molecular formula is C18H21NO3. The lowest BCUT2D eigenvalue weighted by Crippen LogP contribution is -2.43. The highest BCUT2D eigenvalue weighted by molar-refractivity contribution is 5.21. The number of para-hydroxylation sites is 1. The lowest BCUT2D eigenvalue weighted by molar-refractivity contribution is -0.151. The molecule has 0 aliphatic carbocycles. The van der Waals surface area contributed by atoms with Gasteiger partial charge in [0.2, 0.25) is 0 Å². The second-order valence-electron chi connectivity index (χ2n) is 5.18. The van der Waals surface area contributed by atoms with Crippen LogP contribution in [0.2, 0.25) is 0 Å². The molecule has 22 heavy (non-hydrogen) atoms. The van der Waals surface area contributed by atoms with Crippen molar-refractivity contribution < 1.29 is 14.2 Å². The maximum atomic E-state index is 6.03. The van der Waals surface area contributed by atoms with Crippen LogP contribution in [0.15, 0.2) is 60.7 Å². The van der Waals surface area contributed by atoms with E-state index in [9.17, 15) is 0 Å². The summed E-state index contributed by atoms with van der Waals surface area (Å²) in [5.74, 6) is 0.882. The van der Waals surface area contributed by atoms with Crippen LogP contribution in [-0.4, -0.2) is 32.6 Å². The van der Waals surface area contributed by atoms with E-state index in [1.807, 2.05) is 48.5 Å². The number of rotatable bonds is 6. The maximum Gasteiger partial charge on any atom is 0.132 e. The van der Waals surface area contributed by atoms with Crippen molar-refractivity contribution in [3.8, 4) is 5.75 Å². The average molecular weight is 299 g/mol. The van der Waals surface area contributed by atoms with Gasteiger partial charge in [-0.15, -0.1) is 0 Å². The average Bonchev–Trinajstić information content (AvgIpc) is 2.61. The number of benzene rings is 2. The van der Waals surface area contributed by atoms with Crippen LogP contribution < -0.4 is 10.1 Å². The van der Waals surface area contributed by atoms with Crippen LogP contribution in [0.25, 0.3) is 0 Å². The Bertz CT molecular complexity index is 547. The van der Waals surface area contributed by atoms with E-state index in [0.29, 0.717) is 26.4 Å². The van der Waals surface area contributed by atoms with E-state index in [1.165, 1.54) is 0 Å². The van der Waals surface area contributed by atoms with Gasteiger partial charge < -0.3 is 14.2 Å². The molecule has 3 rings (SSSR count). The fourth-order valence-corrected chi connectivity index (χ4v) is 2.41. The molecule has 1 N–H and O–H groups in total. The summed E-state index contributed by atoms with van der Waals surface area (Å²) in [6, 6.07) is 20.0. The Hall–Kier alpha value is -1.88. The van der Waals surface area contributed by atoms with Crippen LogP contribution in [0.5, 0.6) is 5.75 Å². The predicted molar refractivity (Wildman–Crippen MR) is 84.8 cm³/mol. The normalized spacial score (nSPS) is 21.5. The molecular weight excluding hydrogens is 278 g/mol. The van der Waals surface area contributed by atoms with Crippen LogP contribution in [0.4, 0.5) is 0 Å². The van der Waals surface area contributed by atoms with Gasteiger partial charge in [-0.2, -0.15) is 0 Å². The first-order chi connectivity index (χ1) is 10.9. The monoisotopic (exact) mass is 299 g/mol. The first kappa shape index (κ1) is 15.0. The quantitative estimate of drug-likeness (QED) is 0.833. The van der Waals surface area contributed by atoms with E-state index >= 15 is 0 Å². The predicted octanol–water partition coefficient (Wildman–Crippen LogP) is 2.77. The second kappa shape index (κ2) is 7.94. The van der Waals surface area contributed by atoms with Gasteiger partial charge in [-0.05, 0) is 17.7 Å². The smallest absolute Gasteiger partial charge is 0.132 e. The third-order valence-corrected chi connectivity index (χ3v) is 3.52. The van der Waals surface area contributed by atoms with Gasteiger partial charge >= 0.3 is 0 Å². The van der Waals surface area contributed by atoms with Crippen molar-refractivity contribution >= 4 is 0 Å². The van der Waals surface area contributed by atoms with Crippen molar-refractivity contribution in [3.63, 3.8) is 0 Å². The van der Waals surface area contributed by atoms with Crippen LogP contribution in [-0.2, 0) is 9.47 Å². The summed E-state index contributed by atoms with van der Waals surface area (Å²) < 4.78 is 17.3. The van der Waals surface area contributed by atoms with Crippen molar-refractivity contribution in [1.82, 2.24) is 5.32 Å². The van der Waals surface area contributed by atoms with Gasteiger partial charge in [0.05, 0.1) is 13.2 Å². The minimum absolute atomic E-state index is 0.0116. The summed E-state index contributed by atoms with van der Waals surface area (Å²) in [5, 5.41) is 3.32. The van der Waals surface area contributed by atoms with Crippen molar-refractivity contribution in [1.29, 1.82) is 0 Å². The van der Waals surface area contributed by atoms with Gasteiger partial charge in [0.15, 0.2) is 0 Å². The second-order valence-corrected chi connectivity index (χ2v) is 5.18. The van der Waals surface area contributed by atoms with Crippen LogP contribution in [0, 0.1) is 0 Å². The Balaban J connectivity index is 1.41. The molecule has 0 saturated carbocycles. The Kier molecular flexibility index (Phi) is 5.42. The van der Waals surface area contributed by atoms with Crippen molar-refractivity contribution in [2.24, 2.45) is 0 Å². The van der Waals surface area contributed by atoms with Crippen LogP contribution in [0.1, 0.15) is 11.7 Å². The van der Waals surface area contributed by atoms with Gasteiger partial charge in [-0.1, -0.05) is 48.5 Å². The highest BCUT2D eigenvalue weighted by Gasteiger charge is 2.23. The van der Waals surface area contributed by atoms with E-state index in [2.05, 4.69) is 17.4 Å². The van der Waals surface area contributed by atoms with Gasteiger partial charge in [0, 0.05) is 6.54 Å². The molecule has 2 atom stereocenters. The SMILES string of the molecule is c1ccc(OCCN[C@H]2COC[C@H](c3ccccc3)O2)cc1. The molecule has 1 saturated heterocycles. The number of nitrogens with one attached hydrogen (secondary N) is 1. The topological polar surface area (TPSA) is 39.7 Å². The van der Waals surface area contributed by atoms with E-state index < -0.39 is 0 Å². The summed E-state index contributed by atoms with van der Waals surface area (Å²) >= 11 is 0. The van der Waals surface area contributed by atoms with E-state index in [4.69, 9.17) is 14.2 Å². The summed E-state index contributed by atoms with van der Waals surface area (Å²) in [7, 11) is 0. The first-order valence-corrected chi connectivity index (χ1v) is 7.61. The minimum Gasteiger partial charge on any atom is -0.492 e. The molecule has 1 aliphatic rings. The first-order valence-electron chi connectivity index (χ1n) is 7.61. The largest absolute Gasteiger partial charge is 0.492 e. The molecule has 0 bridgehead atoms. The molecule has 1 aliphatic heterocycles. The van der Waals surface area contributed by atoms with Gasteiger partial charge in [-0.25, -0.2) is 0 Å². The molecule has 4 heteroatoms. The molecule has 2 aromatic carbocycles. The maximum absolute atomic E-state index is 6.03. The molecule has 1 heterocycles. The Labute approximate surface area is 131 Å². The summed E-state index contributed by atoms with van der Waals surface area (Å²) in [6.45, 7) is 2.47. The molecule has 0 radical (unpaired) electrons. The van der Waals surface area contributed by atoms with Crippen molar-refractivity contribution in [2.45, 2.75) is 12.3 Å². The Morgan fingerprint density at radius 2 is 1.68 bits per heavy atom. The number of ether oxygens (including phenoxy) is 3. The molecule has 4 nitrogen and oxygen atoms in total. The Morgan fingerprint density at radius 1 is 0.955 bits per heavy atom. The van der Waals surface area contributed by atoms with E-state index in [-0.39, 0.29) is 12.3 Å². The molecule has 0 unspecified atom stereocenters. The van der Waals surface area contributed by atoms with Crippen LogP contribution >= 0.6 is 0 Å². The highest BCUT2D eigenvalue weighted by Crippen LogP contribution is 2.22. The number of hydrogen-bond donors (Lipinski definition) is 1. The molecule has 0 aromatic heterocycles. The van der Waals surface area contributed by atoms with Gasteiger partial charge in [0.25, 0.3) is 0 Å². The lowest BCUT2D eigenvalue weighted by Gasteiger charge is -2.31. The Morgan fingerprint density at radius 3 is 2.45 bits per heavy atom. The fraction of sp³-hybridized carbons (Fsp3) is 0.333. The zero-order valence-corrected chi connectivity index (χ0v) is 12.5. The summed E-state index contributed by atoms with van der Waals surface area (Å²) in [5.41, 5.74) is 1.15. The molecule has 0 spiro atoms. The van der Waals surface area contributed by atoms with Crippen molar-refractivity contribution in [3.05, 3.63) is 66.2 Å². The summed E-state index contributed by atoms with van der Waals surface area (Å²) in [6.07, 6.45) is -0.110. The number of hydrogen-bond acceptors (Lipinski definition) is 4. The third-order valence-electron chi connectivity index (χ3n) is 3.52. The molecule has 1 fully saturated rings. The van der Waals surface area contributed by atoms with E-state index in [1.54, 1.807) is 0 Å². The van der Waals surface area contributed by atoms with Gasteiger partial charge in [0.1, 0.15) is 24.7 Å². The lowest BCUT2D eigenvalue weighted by atomic mass is 10.1. The van der Waals surface area contributed by atoms with Gasteiger partial charge in [-0.3, -0.25) is 5.32 Å². The highest BCUT2D eigenvalue weighted by atomic mass is 16.6. The van der Waals surface area contributed by atoms with Crippen LogP contribution in [0.3, 0.4) is 0 Å². The molecule has 0 amide bonds. The standard InChI is InChI=1S/C18H21NO3/c1-3-7-15(8-4-1)17-13-20-14-18(22-17)19-11-12-21-16-9-5-2-6-10-16/h1-10,17-19H,11-14H2/t17-,18-/m1/s1. The molecule has 2 aromatic rings. The summed E-state index contributed by atoms with van der Waals surface area (Å²) in [4.78, 5) is 0. The third kappa shape index (κ3) is 4.31. The molecule has 116 valence electrons. The van der Waals surface area contributed by atoms with Crippen molar-refractivity contribution in [2.75, 3.05) is 26.4 Å². The van der Waals surface area contributed by atoms with E-state index in [0.717, 1.165) is 11.3 Å². The zero-order valence-electron chi connectivity index (χ0n) is 12.5. The fourth-order valence-electron chi connectivity index (χ4n) is 2.41. The zero-order chi connectivity index (χ0) is 15.0. The minimum atomic E-state index is -0.0988.